The topological polar surface area (TPSA) is 105 Å². The highest BCUT2D eigenvalue weighted by Crippen LogP contribution is 2.29. The fourth-order valence-electron chi connectivity index (χ4n) is 4.63. The minimum Gasteiger partial charge on any atom is -0.489 e. The highest BCUT2D eigenvalue weighted by molar-refractivity contribution is 6.02. The Morgan fingerprint density at radius 2 is 1.28 bits per heavy atom. The molecule has 5 aromatic rings. The monoisotopic (exact) mass is 632 g/mol. The molecule has 0 aliphatic heterocycles. The van der Waals surface area contributed by atoms with Gasteiger partial charge < -0.3 is 18.9 Å². The van der Waals surface area contributed by atoms with Crippen molar-refractivity contribution >= 4 is 35.1 Å². The molecule has 0 atom stereocenters. The van der Waals surface area contributed by atoms with Crippen LogP contribution in [-0.2, 0) is 38.8 Å². The van der Waals surface area contributed by atoms with Crippen molar-refractivity contribution in [3.63, 3.8) is 0 Å². The average molecular weight is 633 g/mol. The first-order valence-corrected chi connectivity index (χ1v) is 15.1. The van der Waals surface area contributed by atoms with Crippen LogP contribution in [0.5, 0.6) is 5.75 Å². The minimum atomic E-state index is -0.831. The van der Waals surface area contributed by atoms with Gasteiger partial charge in [0, 0.05) is 23.2 Å². The van der Waals surface area contributed by atoms with Crippen molar-refractivity contribution in [2.45, 2.75) is 46.2 Å². The maximum absolute atomic E-state index is 13.4. The lowest BCUT2D eigenvalue weighted by molar-refractivity contribution is -0.140. The van der Waals surface area contributed by atoms with E-state index in [2.05, 4.69) is 5.32 Å². The van der Waals surface area contributed by atoms with Crippen LogP contribution in [-0.4, -0.2) is 28.3 Å². The van der Waals surface area contributed by atoms with Gasteiger partial charge in [-0.1, -0.05) is 91.0 Å². The maximum atomic E-state index is 13.4. The zero-order valence-corrected chi connectivity index (χ0v) is 26.5. The van der Waals surface area contributed by atoms with Crippen molar-refractivity contribution < 1.29 is 33.3 Å². The Balaban J connectivity index is 1.49. The molecule has 1 aromatic heterocycles. The Morgan fingerprint density at radius 3 is 1.85 bits per heavy atom. The van der Waals surface area contributed by atoms with Crippen molar-refractivity contribution in [1.29, 1.82) is 0 Å². The molecule has 9 nitrogen and oxygen atoms in total. The highest BCUT2D eigenvalue weighted by atomic mass is 16.6. The van der Waals surface area contributed by atoms with Gasteiger partial charge in [0.1, 0.15) is 36.9 Å². The molecular weight excluding hydrogens is 596 g/mol. The van der Waals surface area contributed by atoms with Gasteiger partial charge in [-0.2, -0.15) is 0 Å². The van der Waals surface area contributed by atoms with Gasteiger partial charge in [-0.3, -0.25) is 9.88 Å². The quantitative estimate of drug-likeness (QED) is 0.0945. The molecule has 0 aliphatic carbocycles. The first-order valence-electron chi connectivity index (χ1n) is 15.1. The van der Waals surface area contributed by atoms with E-state index in [0.29, 0.717) is 28.8 Å². The summed E-state index contributed by atoms with van der Waals surface area (Å²) in [6, 6.07) is 33.5. The van der Waals surface area contributed by atoms with Crippen LogP contribution in [0.2, 0.25) is 0 Å². The first-order chi connectivity index (χ1) is 22.6. The van der Waals surface area contributed by atoms with Crippen LogP contribution in [0.4, 0.5) is 9.59 Å². The summed E-state index contributed by atoms with van der Waals surface area (Å²) in [7, 11) is 0. The minimum absolute atomic E-state index is 0.0112. The Morgan fingerprint density at radius 1 is 0.723 bits per heavy atom. The number of ether oxygens (including phenoxy) is 4. The zero-order chi connectivity index (χ0) is 33.2. The molecule has 1 N–H and O–H groups in total. The summed E-state index contributed by atoms with van der Waals surface area (Å²) in [5.41, 5.74) is 2.55. The molecular formula is C38H36N2O7. The summed E-state index contributed by atoms with van der Waals surface area (Å²) < 4.78 is 24.0. The molecule has 9 heteroatoms. The molecule has 0 aliphatic rings. The molecule has 5 rings (SSSR count). The third-order valence-electron chi connectivity index (χ3n) is 6.83. The normalized spacial score (nSPS) is 11.5. The molecule has 1 heterocycles. The van der Waals surface area contributed by atoms with Gasteiger partial charge in [0.2, 0.25) is 0 Å². The van der Waals surface area contributed by atoms with Crippen LogP contribution in [0.15, 0.2) is 121 Å². The van der Waals surface area contributed by atoms with E-state index in [4.69, 9.17) is 18.9 Å². The standard InChI is InChI=1S/C38H36N2O7/c1-38(2,3)47-36(42)39-33(35(41)45-25-28-15-9-5-10-16-28)21-30-23-40(37(43)46-26-29-17-11-6-12-18-29)34-22-31(19-20-32(30)34)44-24-27-13-7-4-8-14-27/h4-23H,24-26H2,1-3H3,(H,39,42). The van der Waals surface area contributed by atoms with E-state index in [0.717, 1.165) is 16.7 Å². The molecule has 4 aromatic carbocycles. The van der Waals surface area contributed by atoms with E-state index in [1.54, 1.807) is 45.2 Å². The predicted molar refractivity (Wildman–Crippen MR) is 178 cm³/mol. The molecule has 0 spiro atoms. The number of carbonyl (C=O) groups excluding carboxylic acids is 3. The summed E-state index contributed by atoms with van der Waals surface area (Å²) >= 11 is 0. The van der Waals surface area contributed by atoms with Crippen LogP contribution < -0.4 is 10.1 Å². The molecule has 47 heavy (non-hydrogen) atoms. The molecule has 0 fully saturated rings. The smallest absolute Gasteiger partial charge is 0.418 e. The molecule has 240 valence electrons. The van der Waals surface area contributed by atoms with Crippen LogP contribution in [0.25, 0.3) is 17.0 Å². The largest absolute Gasteiger partial charge is 0.489 e. The second kappa shape index (κ2) is 15.0. The van der Waals surface area contributed by atoms with Crippen molar-refractivity contribution in [3.05, 3.63) is 143 Å². The third-order valence-corrected chi connectivity index (χ3v) is 6.83. The van der Waals surface area contributed by atoms with Gasteiger partial charge in [-0.05, 0) is 55.7 Å². The second-order valence-corrected chi connectivity index (χ2v) is 11.7. The average Bonchev–Trinajstić information content (AvgIpc) is 3.43. The summed E-state index contributed by atoms with van der Waals surface area (Å²) in [5, 5.41) is 3.14. The molecule has 0 unspecified atom stereocenters. The van der Waals surface area contributed by atoms with E-state index in [1.807, 2.05) is 91.0 Å². The van der Waals surface area contributed by atoms with Gasteiger partial charge in [-0.25, -0.2) is 14.4 Å². The summed E-state index contributed by atoms with van der Waals surface area (Å²) in [6.07, 6.45) is 1.53. The number of fused-ring (bicyclic) bond motifs is 1. The van der Waals surface area contributed by atoms with E-state index in [9.17, 15) is 14.4 Å². The van der Waals surface area contributed by atoms with Gasteiger partial charge >= 0.3 is 18.2 Å². The van der Waals surface area contributed by atoms with Crippen LogP contribution >= 0.6 is 0 Å². The number of rotatable bonds is 10. The van der Waals surface area contributed by atoms with Crippen LogP contribution in [0, 0.1) is 0 Å². The van der Waals surface area contributed by atoms with Crippen molar-refractivity contribution in [2.24, 2.45) is 0 Å². The van der Waals surface area contributed by atoms with Gasteiger partial charge in [0.05, 0.1) is 5.52 Å². The SMILES string of the molecule is CC(C)(C)OC(=O)NC(=Cc1cn(C(=O)OCc2ccccc2)c2cc(OCc3ccccc3)ccc12)C(=O)OCc1ccccc1. The van der Waals surface area contributed by atoms with E-state index < -0.39 is 23.8 Å². The number of aromatic nitrogens is 1. The number of benzene rings is 4. The third kappa shape index (κ3) is 9.34. The molecule has 0 saturated carbocycles. The number of nitrogens with one attached hydrogen (secondary N) is 1. The van der Waals surface area contributed by atoms with Crippen LogP contribution in [0.1, 0.15) is 43.0 Å². The molecule has 0 saturated heterocycles. The van der Waals surface area contributed by atoms with E-state index >= 15 is 0 Å². The van der Waals surface area contributed by atoms with Gasteiger partial charge in [-0.15, -0.1) is 0 Å². The number of carbonyl (C=O) groups is 3. The fraction of sp³-hybridized carbons (Fsp3) is 0.184. The number of esters is 1. The summed E-state index contributed by atoms with van der Waals surface area (Å²) in [5.74, 6) is -0.253. The van der Waals surface area contributed by atoms with Crippen LogP contribution in [0.3, 0.4) is 0 Å². The lowest BCUT2D eigenvalue weighted by atomic mass is 10.1. The van der Waals surface area contributed by atoms with E-state index in [1.165, 1.54) is 10.6 Å². The van der Waals surface area contributed by atoms with Crippen molar-refractivity contribution in [2.75, 3.05) is 0 Å². The van der Waals surface area contributed by atoms with Crippen molar-refractivity contribution in [1.82, 2.24) is 9.88 Å². The second-order valence-electron chi connectivity index (χ2n) is 11.7. The molecule has 0 radical (unpaired) electrons. The van der Waals surface area contributed by atoms with Gasteiger partial charge in [0.25, 0.3) is 0 Å². The number of alkyl carbamates (subject to hydrolysis) is 1. The van der Waals surface area contributed by atoms with E-state index in [-0.39, 0.29) is 18.9 Å². The number of nitrogens with zero attached hydrogens (tertiary/aromatic N) is 1. The zero-order valence-electron chi connectivity index (χ0n) is 26.5. The molecule has 1 amide bonds. The predicted octanol–water partition coefficient (Wildman–Crippen LogP) is 8.01. The lowest BCUT2D eigenvalue weighted by Crippen LogP contribution is -2.34. The molecule has 0 bridgehead atoms. The Labute approximate surface area is 273 Å². The number of hydrogen-bond acceptors (Lipinski definition) is 7. The van der Waals surface area contributed by atoms with Gasteiger partial charge in [0.15, 0.2) is 0 Å². The van der Waals surface area contributed by atoms with Crippen molar-refractivity contribution in [3.8, 4) is 5.75 Å². The highest BCUT2D eigenvalue weighted by Gasteiger charge is 2.23. The number of hydrogen-bond donors (Lipinski definition) is 1. The summed E-state index contributed by atoms with van der Waals surface area (Å²) in [6.45, 7) is 5.53. The lowest BCUT2D eigenvalue weighted by Gasteiger charge is -2.20. The fourth-order valence-corrected chi connectivity index (χ4v) is 4.63. The number of amides is 1. The summed E-state index contributed by atoms with van der Waals surface area (Å²) in [4.78, 5) is 39.6. The first kappa shape index (κ1) is 32.6. The Hall–Kier alpha value is -5.83. The Bertz CT molecular complexity index is 1860. The Kier molecular flexibility index (Phi) is 10.4. The maximum Gasteiger partial charge on any atom is 0.418 e.